The second-order valence-electron chi connectivity index (χ2n) is 10.3. The molecule has 0 unspecified atom stereocenters. The first-order valence-corrected chi connectivity index (χ1v) is 14.2. The Bertz CT molecular complexity index is 1760. The van der Waals surface area contributed by atoms with Gasteiger partial charge in [0.1, 0.15) is 5.84 Å². The Morgan fingerprint density at radius 1 is 0.976 bits per heavy atom. The summed E-state index contributed by atoms with van der Waals surface area (Å²) in [5.74, 6) is 0.861. The van der Waals surface area contributed by atoms with E-state index in [0.29, 0.717) is 12.4 Å². The molecule has 5 rings (SSSR count). The minimum absolute atomic E-state index is 0.144. The normalized spacial score (nSPS) is 14.6. The number of rotatable bonds is 5. The highest BCUT2D eigenvalue weighted by Gasteiger charge is 2.25. The summed E-state index contributed by atoms with van der Waals surface area (Å²) in [6.45, 7) is 11.0. The second kappa shape index (κ2) is 12.6. The number of allylic oxidation sites excluding steroid dienone is 7. The Morgan fingerprint density at radius 3 is 2.43 bits per heavy atom. The van der Waals surface area contributed by atoms with Crippen LogP contribution in [0.25, 0.3) is 28.2 Å². The number of hydrogen-bond acceptors (Lipinski definition) is 1. The fourth-order valence-corrected chi connectivity index (χ4v) is 5.37. The molecule has 2 heterocycles. The third-order valence-corrected chi connectivity index (χ3v) is 7.31. The molecule has 0 radical (unpaired) electrons. The quantitative estimate of drug-likeness (QED) is 0.153. The molecule has 1 N–H and O–H groups in total. The topological polar surface area (TPSA) is 47.6 Å². The number of fused-ring (bicyclic) bond motifs is 4. The van der Waals surface area contributed by atoms with Crippen LogP contribution in [0.4, 0.5) is 5.69 Å². The number of guanidine groups is 1. The van der Waals surface area contributed by atoms with E-state index in [9.17, 15) is 5.41 Å². The summed E-state index contributed by atoms with van der Waals surface area (Å²) in [7, 11) is 3.92. The zero-order chi connectivity index (χ0) is 29.6. The molecule has 0 amide bonds. The van der Waals surface area contributed by atoms with Crippen LogP contribution in [-0.2, 0) is 6.54 Å². The number of amidine groups is 1. The van der Waals surface area contributed by atoms with Crippen LogP contribution < -0.4 is 4.90 Å². The minimum Gasteiger partial charge on any atom is -0.362 e. The lowest BCUT2D eigenvalue weighted by atomic mass is 10.0. The van der Waals surface area contributed by atoms with Gasteiger partial charge in [0, 0.05) is 41.9 Å². The van der Waals surface area contributed by atoms with E-state index in [-0.39, 0.29) is 5.96 Å². The number of hydrogen-bond donors (Lipinski definition) is 1. The summed E-state index contributed by atoms with van der Waals surface area (Å²) in [5, 5.41) is 10.6. The number of para-hydroxylation sites is 2. The molecule has 0 atom stereocenters. The van der Waals surface area contributed by atoms with E-state index >= 15 is 0 Å². The van der Waals surface area contributed by atoms with Gasteiger partial charge < -0.3 is 14.4 Å². The van der Waals surface area contributed by atoms with Crippen molar-refractivity contribution in [2.45, 2.75) is 19.9 Å². The summed E-state index contributed by atoms with van der Waals surface area (Å²) in [5.41, 5.74) is 7.93. The average Bonchev–Trinajstić information content (AvgIpc) is 3.34. The number of aliphatic imine (C=N–C) groups is 1. The first-order valence-electron chi connectivity index (χ1n) is 14.2. The monoisotopic (exact) mass is 551 g/mol. The molecule has 0 saturated heterocycles. The van der Waals surface area contributed by atoms with Gasteiger partial charge in [-0.25, -0.2) is 0 Å². The van der Waals surface area contributed by atoms with Gasteiger partial charge in [-0.1, -0.05) is 111 Å². The SMILES string of the molecule is C=C/C=C(\C=C\CC)n1c2c(c3ccccc31)/C=C\C(=C)c1ccccc1N(C(=N)/N=C(/c1ccccc1)N(C)C)C2. The van der Waals surface area contributed by atoms with E-state index in [1.54, 1.807) is 0 Å². The molecule has 1 aromatic heterocycles. The van der Waals surface area contributed by atoms with Gasteiger partial charge in [0.25, 0.3) is 0 Å². The van der Waals surface area contributed by atoms with E-state index in [4.69, 9.17) is 4.99 Å². The second-order valence-corrected chi connectivity index (χ2v) is 10.3. The highest BCUT2D eigenvalue weighted by molar-refractivity contribution is 6.10. The van der Waals surface area contributed by atoms with Gasteiger partial charge in [0.05, 0.1) is 23.4 Å². The summed E-state index contributed by atoms with van der Waals surface area (Å²) in [4.78, 5) is 8.87. The zero-order valence-corrected chi connectivity index (χ0v) is 24.6. The molecule has 0 bridgehead atoms. The molecular weight excluding hydrogens is 514 g/mol. The lowest BCUT2D eigenvalue weighted by Gasteiger charge is -2.27. The molecule has 5 heteroatoms. The predicted molar refractivity (Wildman–Crippen MR) is 181 cm³/mol. The van der Waals surface area contributed by atoms with Crippen molar-refractivity contribution in [1.29, 1.82) is 5.41 Å². The van der Waals surface area contributed by atoms with Gasteiger partial charge in [-0.05, 0) is 36.3 Å². The Labute approximate surface area is 248 Å². The molecule has 1 aliphatic heterocycles. The van der Waals surface area contributed by atoms with Crippen molar-refractivity contribution >= 4 is 45.7 Å². The number of anilines is 1. The Balaban J connectivity index is 1.78. The standard InChI is InChI=1S/C37H37N5/c1-6-8-19-29(16-7-2)42-34-23-15-13-21-31(34)32-25-24-27(3)30-20-12-14-22-33(30)41(26-35(32)42)37(38)39-36(40(4)5)28-17-10-9-11-18-28/h7-25,38H,2-3,6,26H2,1,4-5H3/b19-8+,25-24-,29-16+,38-37?,39-36-. The van der Waals surface area contributed by atoms with E-state index in [2.05, 4.69) is 79.3 Å². The highest BCUT2D eigenvalue weighted by Crippen LogP contribution is 2.37. The molecule has 3 aromatic carbocycles. The first-order chi connectivity index (χ1) is 20.4. The van der Waals surface area contributed by atoms with Crippen LogP contribution in [0.3, 0.4) is 0 Å². The molecule has 42 heavy (non-hydrogen) atoms. The molecular formula is C37H37N5. The van der Waals surface area contributed by atoms with Crippen molar-refractivity contribution in [2.24, 2.45) is 4.99 Å². The lowest BCUT2D eigenvalue weighted by molar-refractivity contribution is 0.624. The maximum Gasteiger partial charge on any atom is 0.224 e. The Hall–Kier alpha value is -5.16. The predicted octanol–water partition coefficient (Wildman–Crippen LogP) is 8.62. The van der Waals surface area contributed by atoms with Crippen LogP contribution in [0.1, 0.15) is 35.7 Å². The van der Waals surface area contributed by atoms with Gasteiger partial charge in [-0.3, -0.25) is 5.41 Å². The van der Waals surface area contributed by atoms with Gasteiger partial charge in [0.2, 0.25) is 5.96 Å². The van der Waals surface area contributed by atoms with E-state index in [0.717, 1.165) is 56.7 Å². The molecule has 5 nitrogen and oxygen atoms in total. The third-order valence-electron chi connectivity index (χ3n) is 7.31. The average molecular weight is 552 g/mol. The van der Waals surface area contributed by atoms with E-state index in [1.807, 2.05) is 84.6 Å². The maximum atomic E-state index is 9.45. The van der Waals surface area contributed by atoms with Crippen LogP contribution in [0.5, 0.6) is 0 Å². The zero-order valence-electron chi connectivity index (χ0n) is 24.6. The van der Waals surface area contributed by atoms with Crippen molar-refractivity contribution < 1.29 is 0 Å². The fourth-order valence-electron chi connectivity index (χ4n) is 5.37. The molecule has 0 spiro atoms. The lowest BCUT2D eigenvalue weighted by Crippen LogP contribution is -2.33. The van der Waals surface area contributed by atoms with Crippen molar-refractivity contribution in [3.8, 4) is 0 Å². The smallest absolute Gasteiger partial charge is 0.224 e. The summed E-state index contributed by atoms with van der Waals surface area (Å²) < 4.78 is 2.29. The van der Waals surface area contributed by atoms with Gasteiger partial charge in [-0.2, -0.15) is 4.99 Å². The number of aromatic nitrogens is 1. The van der Waals surface area contributed by atoms with Crippen LogP contribution >= 0.6 is 0 Å². The number of benzene rings is 3. The Morgan fingerprint density at radius 2 is 1.69 bits per heavy atom. The number of nitrogens with one attached hydrogen (secondary N) is 1. The minimum atomic E-state index is 0.144. The van der Waals surface area contributed by atoms with Crippen molar-refractivity contribution in [1.82, 2.24) is 9.47 Å². The molecule has 4 aromatic rings. The van der Waals surface area contributed by atoms with Crippen LogP contribution in [0.15, 0.2) is 127 Å². The third kappa shape index (κ3) is 5.54. The van der Waals surface area contributed by atoms with E-state index < -0.39 is 0 Å². The fraction of sp³-hybridized carbons (Fsp3) is 0.135. The summed E-state index contributed by atoms with van der Waals surface area (Å²) in [6, 6.07) is 26.6. The Kier molecular flexibility index (Phi) is 8.49. The molecule has 0 fully saturated rings. The van der Waals surface area contributed by atoms with Gasteiger partial charge >= 0.3 is 0 Å². The van der Waals surface area contributed by atoms with Crippen molar-refractivity contribution in [3.63, 3.8) is 0 Å². The molecule has 0 saturated carbocycles. The first kappa shape index (κ1) is 28.4. The largest absolute Gasteiger partial charge is 0.362 e. The summed E-state index contributed by atoms with van der Waals surface area (Å²) >= 11 is 0. The maximum absolute atomic E-state index is 9.45. The van der Waals surface area contributed by atoms with E-state index in [1.165, 1.54) is 0 Å². The van der Waals surface area contributed by atoms with Crippen LogP contribution in [-0.4, -0.2) is 35.4 Å². The summed E-state index contributed by atoms with van der Waals surface area (Å²) in [6.07, 6.45) is 13.3. The highest BCUT2D eigenvalue weighted by atomic mass is 15.3. The van der Waals surface area contributed by atoms with Crippen LogP contribution in [0, 0.1) is 5.41 Å². The molecule has 210 valence electrons. The van der Waals surface area contributed by atoms with Gasteiger partial charge in [0.15, 0.2) is 0 Å². The molecule has 1 aliphatic rings. The van der Waals surface area contributed by atoms with Crippen molar-refractivity contribution in [2.75, 3.05) is 19.0 Å². The van der Waals surface area contributed by atoms with Gasteiger partial charge in [-0.15, -0.1) is 0 Å². The number of nitrogens with zero attached hydrogens (tertiary/aromatic N) is 4. The van der Waals surface area contributed by atoms with Crippen LogP contribution in [0.2, 0.25) is 0 Å². The molecule has 0 aliphatic carbocycles. The van der Waals surface area contributed by atoms with Crippen molar-refractivity contribution in [3.05, 3.63) is 145 Å².